The molecule has 2 aromatic heterocycles. The van der Waals surface area contributed by atoms with Gasteiger partial charge in [0.2, 0.25) is 0 Å². The Morgan fingerprint density at radius 2 is 1.50 bits per heavy atom. The van der Waals surface area contributed by atoms with E-state index in [-0.39, 0.29) is 0 Å². The summed E-state index contributed by atoms with van der Waals surface area (Å²) in [4.78, 5) is 0. The molecular formula is C19H15N5. The first-order chi connectivity index (χ1) is 11.9. The molecule has 4 rings (SSSR count). The molecule has 0 atom stereocenters. The van der Waals surface area contributed by atoms with Crippen LogP contribution in [0.5, 0.6) is 0 Å². The first-order valence-electron chi connectivity index (χ1n) is 7.66. The van der Waals surface area contributed by atoms with E-state index < -0.39 is 0 Å². The Morgan fingerprint density at radius 3 is 2.29 bits per heavy atom. The van der Waals surface area contributed by atoms with Crippen LogP contribution in [0.1, 0.15) is 5.56 Å². The van der Waals surface area contributed by atoms with E-state index in [1.165, 1.54) is 0 Å². The van der Waals surface area contributed by atoms with Crippen molar-refractivity contribution in [3.05, 3.63) is 96.2 Å². The summed E-state index contributed by atoms with van der Waals surface area (Å²) in [6, 6.07) is 25.6. The monoisotopic (exact) mass is 313 g/mol. The van der Waals surface area contributed by atoms with E-state index in [0.29, 0.717) is 5.62 Å². The van der Waals surface area contributed by atoms with Gasteiger partial charge in [-0.3, -0.25) is 4.40 Å². The number of aromatic nitrogens is 3. The Bertz CT molecular complexity index is 1040. The van der Waals surface area contributed by atoms with E-state index in [4.69, 9.17) is 0 Å². The van der Waals surface area contributed by atoms with Crippen molar-refractivity contribution >= 4 is 11.9 Å². The second-order valence-electron chi connectivity index (χ2n) is 5.23. The number of hydrogen-bond donors (Lipinski definition) is 0. The average Bonchev–Trinajstić information content (AvgIpc) is 3.02. The number of hydrogen-bond acceptors (Lipinski definition) is 3. The maximum absolute atomic E-state index is 4.62. The molecule has 2 aromatic carbocycles. The lowest BCUT2D eigenvalue weighted by atomic mass is 10.2. The molecule has 24 heavy (non-hydrogen) atoms. The zero-order chi connectivity index (χ0) is 16.2. The molecule has 0 aliphatic heterocycles. The minimum atomic E-state index is 0.643. The van der Waals surface area contributed by atoms with Gasteiger partial charge in [0.25, 0.3) is 5.62 Å². The highest BCUT2D eigenvalue weighted by atomic mass is 15.4. The van der Waals surface area contributed by atoms with Crippen molar-refractivity contribution in [1.29, 1.82) is 0 Å². The first kappa shape index (κ1) is 14.1. The zero-order valence-corrected chi connectivity index (χ0v) is 12.9. The van der Waals surface area contributed by atoms with Crippen LogP contribution in [0.25, 0.3) is 11.3 Å². The molecule has 0 radical (unpaired) electrons. The first-order valence-corrected chi connectivity index (χ1v) is 7.66. The molecule has 0 N–H and O–H groups in total. The summed E-state index contributed by atoms with van der Waals surface area (Å²) < 4.78 is 3.70. The minimum absolute atomic E-state index is 0.643. The van der Waals surface area contributed by atoms with E-state index in [9.17, 15) is 0 Å². The molecular weight excluding hydrogens is 298 g/mol. The van der Waals surface area contributed by atoms with E-state index in [2.05, 4.69) is 15.3 Å². The smallest absolute Gasteiger partial charge is 0.256 e. The number of nitrogens with zero attached hydrogens (tertiary/aromatic N) is 5. The highest BCUT2D eigenvalue weighted by molar-refractivity contribution is 5.79. The number of rotatable bonds is 3. The van der Waals surface area contributed by atoms with Crippen LogP contribution in [0.4, 0.5) is 0 Å². The van der Waals surface area contributed by atoms with Gasteiger partial charge in [0.05, 0.1) is 11.9 Å². The molecule has 4 aromatic rings. The van der Waals surface area contributed by atoms with Crippen LogP contribution < -0.4 is 5.62 Å². The fraction of sp³-hybridized carbons (Fsp3) is 0. The largest absolute Gasteiger partial charge is 0.267 e. The SMILES string of the molecule is C(=N/N=c1\n(-c2ccccc2)nc2ccccn12)c1ccccc1. The molecule has 0 amide bonds. The Balaban J connectivity index is 1.87. The summed E-state index contributed by atoms with van der Waals surface area (Å²) in [6.45, 7) is 0. The molecule has 116 valence electrons. The summed E-state index contributed by atoms with van der Waals surface area (Å²) in [5.74, 6) is 0. The molecule has 0 spiro atoms. The van der Waals surface area contributed by atoms with E-state index >= 15 is 0 Å². The number of fused-ring (bicyclic) bond motifs is 1. The lowest BCUT2D eigenvalue weighted by molar-refractivity contribution is 0.791. The van der Waals surface area contributed by atoms with Crippen LogP contribution in [-0.2, 0) is 0 Å². The van der Waals surface area contributed by atoms with Crippen molar-refractivity contribution in [2.45, 2.75) is 0 Å². The molecule has 0 aliphatic carbocycles. The van der Waals surface area contributed by atoms with Gasteiger partial charge in [0.1, 0.15) is 0 Å². The predicted molar refractivity (Wildman–Crippen MR) is 94.1 cm³/mol. The average molecular weight is 313 g/mol. The van der Waals surface area contributed by atoms with Crippen molar-refractivity contribution in [2.24, 2.45) is 10.2 Å². The molecule has 0 fully saturated rings. The van der Waals surface area contributed by atoms with E-state index in [1.54, 1.807) is 10.9 Å². The third-order valence-corrected chi connectivity index (χ3v) is 3.60. The van der Waals surface area contributed by atoms with Gasteiger partial charge in [0, 0.05) is 6.20 Å². The topological polar surface area (TPSA) is 47.0 Å². The maximum Gasteiger partial charge on any atom is 0.256 e. The van der Waals surface area contributed by atoms with Crippen molar-refractivity contribution < 1.29 is 0 Å². The number of pyridine rings is 1. The van der Waals surface area contributed by atoms with Gasteiger partial charge in [-0.1, -0.05) is 54.6 Å². The van der Waals surface area contributed by atoms with Crippen LogP contribution >= 0.6 is 0 Å². The van der Waals surface area contributed by atoms with Crippen molar-refractivity contribution in [3.63, 3.8) is 0 Å². The van der Waals surface area contributed by atoms with Crippen molar-refractivity contribution in [2.75, 3.05) is 0 Å². The van der Waals surface area contributed by atoms with Crippen molar-refractivity contribution in [3.8, 4) is 5.69 Å². The van der Waals surface area contributed by atoms with Gasteiger partial charge in [-0.15, -0.1) is 10.2 Å². The molecule has 0 aliphatic rings. The van der Waals surface area contributed by atoms with Crippen molar-refractivity contribution in [1.82, 2.24) is 14.2 Å². The fourth-order valence-corrected chi connectivity index (χ4v) is 2.45. The number of benzene rings is 2. The molecule has 0 unspecified atom stereocenters. The van der Waals surface area contributed by atoms with Gasteiger partial charge in [-0.05, 0) is 29.8 Å². The normalized spacial score (nSPS) is 12.2. The van der Waals surface area contributed by atoms with Crippen LogP contribution in [0.2, 0.25) is 0 Å². The lowest BCUT2D eigenvalue weighted by Gasteiger charge is -1.98. The quantitative estimate of drug-likeness (QED) is 0.423. The van der Waals surface area contributed by atoms with Gasteiger partial charge in [0.15, 0.2) is 5.65 Å². The van der Waals surface area contributed by atoms with Crippen LogP contribution in [0.15, 0.2) is 95.3 Å². The van der Waals surface area contributed by atoms with Crippen LogP contribution in [0.3, 0.4) is 0 Å². The summed E-state index contributed by atoms with van der Waals surface area (Å²) in [6.07, 6.45) is 3.66. The third-order valence-electron chi connectivity index (χ3n) is 3.60. The van der Waals surface area contributed by atoms with Crippen LogP contribution in [0, 0.1) is 0 Å². The fourth-order valence-electron chi connectivity index (χ4n) is 2.45. The van der Waals surface area contributed by atoms with E-state index in [0.717, 1.165) is 16.9 Å². The van der Waals surface area contributed by atoms with Crippen LogP contribution in [-0.4, -0.2) is 20.4 Å². The summed E-state index contributed by atoms with van der Waals surface area (Å²) in [7, 11) is 0. The molecule has 5 nitrogen and oxygen atoms in total. The Morgan fingerprint density at radius 1 is 0.792 bits per heavy atom. The highest BCUT2D eigenvalue weighted by Crippen LogP contribution is 2.04. The summed E-state index contributed by atoms with van der Waals surface area (Å²) in [5, 5.41) is 13.3. The molecule has 5 heteroatoms. The zero-order valence-electron chi connectivity index (χ0n) is 12.9. The standard InChI is InChI=1S/C19H15N5/c1-3-9-16(10-4-1)15-20-21-19-23-14-8-7-13-18(23)22-24(19)17-11-5-2-6-12-17/h1-15H/b20-15?,21-19-. The molecule has 0 bridgehead atoms. The second kappa shape index (κ2) is 6.34. The second-order valence-corrected chi connectivity index (χ2v) is 5.23. The van der Waals surface area contributed by atoms with Gasteiger partial charge >= 0.3 is 0 Å². The predicted octanol–water partition coefficient (Wildman–Crippen LogP) is 3.06. The molecule has 0 saturated carbocycles. The lowest BCUT2D eigenvalue weighted by Crippen LogP contribution is -2.21. The Hall–Kier alpha value is -3.47. The Labute approximate surface area is 138 Å². The van der Waals surface area contributed by atoms with Gasteiger partial charge < -0.3 is 0 Å². The van der Waals surface area contributed by atoms with Gasteiger partial charge in [-0.2, -0.15) is 9.78 Å². The maximum atomic E-state index is 4.62. The van der Waals surface area contributed by atoms with Gasteiger partial charge in [-0.25, -0.2) is 0 Å². The molecule has 2 heterocycles. The van der Waals surface area contributed by atoms with E-state index in [1.807, 2.05) is 89.5 Å². The molecule has 0 saturated heterocycles. The third kappa shape index (κ3) is 2.75. The Kier molecular flexibility index (Phi) is 3.73. The summed E-state index contributed by atoms with van der Waals surface area (Å²) in [5.41, 5.74) is 3.40. The number of para-hydroxylation sites is 1. The summed E-state index contributed by atoms with van der Waals surface area (Å²) >= 11 is 0. The minimum Gasteiger partial charge on any atom is -0.267 e. The highest BCUT2D eigenvalue weighted by Gasteiger charge is 2.06.